The standard InChI is InChI=1S/C15H23N3O2/c19-14(15(20)8-2-3-9-15)18-12-6-5-11-17-13-7-1-4-10-16-13/h1,4,7,10,20H,2-3,5-6,8-9,11-12H2,(H,16,17)(H,18,19). The van der Waals surface area contributed by atoms with Crippen LogP contribution < -0.4 is 10.6 Å². The van der Waals surface area contributed by atoms with Gasteiger partial charge in [0.15, 0.2) is 0 Å². The number of nitrogens with zero attached hydrogens (tertiary/aromatic N) is 1. The number of carbonyl (C=O) groups is 1. The molecule has 1 aromatic rings. The number of unbranched alkanes of at least 4 members (excludes halogenated alkanes) is 1. The Morgan fingerprint density at radius 1 is 1.25 bits per heavy atom. The molecule has 0 spiro atoms. The van der Waals surface area contributed by atoms with Gasteiger partial charge in [0.05, 0.1) is 0 Å². The fourth-order valence-electron chi connectivity index (χ4n) is 2.49. The number of hydrogen-bond donors (Lipinski definition) is 3. The minimum absolute atomic E-state index is 0.201. The summed E-state index contributed by atoms with van der Waals surface area (Å²) in [5.74, 6) is 0.671. The summed E-state index contributed by atoms with van der Waals surface area (Å²) in [6, 6.07) is 5.75. The van der Waals surface area contributed by atoms with Crippen molar-refractivity contribution in [2.24, 2.45) is 0 Å². The molecule has 0 aliphatic heterocycles. The number of carbonyl (C=O) groups excluding carboxylic acids is 1. The number of nitrogens with one attached hydrogen (secondary N) is 2. The lowest BCUT2D eigenvalue weighted by Crippen LogP contribution is -2.45. The van der Waals surface area contributed by atoms with E-state index in [1.807, 2.05) is 18.2 Å². The third-order valence-electron chi connectivity index (χ3n) is 3.71. The normalized spacial score (nSPS) is 16.9. The largest absolute Gasteiger partial charge is 0.380 e. The smallest absolute Gasteiger partial charge is 0.251 e. The van der Waals surface area contributed by atoms with Gasteiger partial charge in [-0.2, -0.15) is 0 Å². The van der Waals surface area contributed by atoms with E-state index in [1.54, 1.807) is 6.20 Å². The third-order valence-corrected chi connectivity index (χ3v) is 3.71. The summed E-state index contributed by atoms with van der Waals surface area (Å²) >= 11 is 0. The maximum absolute atomic E-state index is 11.8. The van der Waals surface area contributed by atoms with E-state index in [1.165, 1.54) is 0 Å². The van der Waals surface area contributed by atoms with Gasteiger partial charge in [0, 0.05) is 19.3 Å². The van der Waals surface area contributed by atoms with E-state index in [0.717, 1.165) is 38.0 Å². The first-order valence-electron chi connectivity index (χ1n) is 7.36. The van der Waals surface area contributed by atoms with Crippen LogP contribution in [0.5, 0.6) is 0 Å². The summed E-state index contributed by atoms with van der Waals surface area (Å²) in [5, 5.41) is 16.1. The van der Waals surface area contributed by atoms with Gasteiger partial charge in [0.1, 0.15) is 11.4 Å². The zero-order valence-corrected chi connectivity index (χ0v) is 11.8. The second-order valence-corrected chi connectivity index (χ2v) is 5.34. The van der Waals surface area contributed by atoms with E-state index in [2.05, 4.69) is 15.6 Å². The highest BCUT2D eigenvalue weighted by Gasteiger charge is 2.38. The predicted octanol–water partition coefficient (Wildman–Crippen LogP) is 1.69. The molecule has 0 saturated heterocycles. The molecule has 1 saturated carbocycles. The van der Waals surface area contributed by atoms with Gasteiger partial charge in [-0.05, 0) is 50.7 Å². The molecule has 1 amide bonds. The van der Waals surface area contributed by atoms with Gasteiger partial charge >= 0.3 is 0 Å². The molecule has 20 heavy (non-hydrogen) atoms. The van der Waals surface area contributed by atoms with Crippen LogP contribution in [0.1, 0.15) is 38.5 Å². The third kappa shape index (κ3) is 4.20. The van der Waals surface area contributed by atoms with Crippen molar-refractivity contribution in [3.8, 4) is 0 Å². The molecule has 1 aliphatic carbocycles. The van der Waals surface area contributed by atoms with Gasteiger partial charge < -0.3 is 15.7 Å². The molecule has 0 radical (unpaired) electrons. The number of aromatic nitrogens is 1. The van der Waals surface area contributed by atoms with Crippen molar-refractivity contribution in [2.75, 3.05) is 18.4 Å². The zero-order chi connectivity index (χ0) is 14.3. The molecule has 3 N–H and O–H groups in total. The van der Waals surface area contributed by atoms with Crippen LogP contribution in [0.2, 0.25) is 0 Å². The summed E-state index contributed by atoms with van der Waals surface area (Å²) in [4.78, 5) is 16.0. The average molecular weight is 277 g/mol. The summed E-state index contributed by atoms with van der Waals surface area (Å²) < 4.78 is 0. The fourth-order valence-corrected chi connectivity index (χ4v) is 2.49. The molecule has 1 aromatic heterocycles. The monoisotopic (exact) mass is 277 g/mol. The second-order valence-electron chi connectivity index (χ2n) is 5.34. The van der Waals surface area contributed by atoms with Crippen molar-refractivity contribution in [2.45, 2.75) is 44.1 Å². The summed E-state index contributed by atoms with van der Waals surface area (Å²) in [6.07, 6.45) is 6.68. The number of rotatable bonds is 7. The Kier molecular flexibility index (Phi) is 5.35. The Bertz CT molecular complexity index is 416. The summed E-state index contributed by atoms with van der Waals surface area (Å²) in [6.45, 7) is 1.45. The first-order chi connectivity index (χ1) is 9.71. The molecule has 0 aromatic carbocycles. The Labute approximate surface area is 119 Å². The van der Waals surface area contributed by atoms with Crippen molar-refractivity contribution in [1.29, 1.82) is 0 Å². The van der Waals surface area contributed by atoms with Crippen LogP contribution in [0.25, 0.3) is 0 Å². The average Bonchev–Trinajstić information content (AvgIpc) is 2.92. The predicted molar refractivity (Wildman–Crippen MR) is 78.4 cm³/mol. The molecular formula is C15H23N3O2. The van der Waals surface area contributed by atoms with E-state index < -0.39 is 5.60 Å². The topological polar surface area (TPSA) is 74.2 Å². The van der Waals surface area contributed by atoms with Gasteiger partial charge in [0.2, 0.25) is 0 Å². The highest BCUT2D eigenvalue weighted by molar-refractivity contribution is 5.85. The molecule has 2 rings (SSSR count). The number of anilines is 1. The van der Waals surface area contributed by atoms with E-state index in [-0.39, 0.29) is 5.91 Å². The molecule has 110 valence electrons. The molecule has 1 heterocycles. The van der Waals surface area contributed by atoms with Gasteiger partial charge in [-0.25, -0.2) is 4.98 Å². The number of aliphatic hydroxyl groups is 1. The zero-order valence-electron chi connectivity index (χ0n) is 11.8. The fraction of sp³-hybridized carbons (Fsp3) is 0.600. The molecule has 0 atom stereocenters. The van der Waals surface area contributed by atoms with Gasteiger partial charge in [-0.15, -0.1) is 0 Å². The number of hydrogen-bond acceptors (Lipinski definition) is 4. The lowest BCUT2D eigenvalue weighted by Gasteiger charge is -2.20. The minimum atomic E-state index is -1.10. The minimum Gasteiger partial charge on any atom is -0.380 e. The van der Waals surface area contributed by atoms with Crippen LogP contribution in [0.4, 0.5) is 5.82 Å². The maximum atomic E-state index is 11.8. The molecule has 5 nitrogen and oxygen atoms in total. The van der Waals surface area contributed by atoms with Crippen LogP contribution in [0, 0.1) is 0 Å². The number of pyridine rings is 1. The van der Waals surface area contributed by atoms with Crippen molar-refractivity contribution in [3.63, 3.8) is 0 Å². The molecule has 0 unspecified atom stereocenters. The van der Waals surface area contributed by atoms with Crippen LogP contribution in [0.15, 0.2) is 24.4 Å². The Hall–Kier alpha value is -1.62. The maximum Gasteiger partial charge on any atom is 0.251 e. The Morgan fingerprint density at radius 3 is 2.70 bits per heavy atom. The van der Waals surface area contributed by atoms with E-state index in [4.69, 9.17) is 0 Å². The molecule has 0 bridgehead atoms. The van der Waals surface area contributed by atoms with Gasteiger partial charge in [0.25, 0.3) is 5.91 Å². The first kappa shape index (κ1) is 14.8. The van der Waals surface area contributed by atoms with E-state index >= 15 is 0 Å². The van der Waals surface area contributed by atoms with Crippen LogP contribution in [0.3, 0.4) is 0 Å². The summed E-state index contributed by atoms with van der Waals surface area (Å²) in [5.41, 5.74) is -1.10. The van der Waals surface area contributed by atoms with Crippen LogP contribution in [-0.4, -0.2) is 34.7 Å². The lowest BCUT2D eigenvalue weighted by atomic mass is 10.0. The molecule has 1 fully saturated rings. The van der Waals surface area contributed by atoms with Crippen molar-refractivity contribution in [3.05, 3.63) is 24.4 Å². The van der Waals surface area contributed by atoms with E-state index in [9.17, 15) is 9.90 Å². The first-order valence-corrected chi connectivity index (χ1v) is 7.36. The lowest BCUT2D eigenvalue weighted by molar-refractivity contribution is -0.139. The quantitative estimate of drug-likeness (QED) is 0.663. The molecular weight excluding hydrogens is 254 g/mol. The SMILES string of the molecule is O=C(NCCCCNc1ccccn1)C1(O)CCCC1. The second kappa shape index (κ2) is 7.24. The summed E-state index contributed by atoms with van der Waals surface area (Å²) in [7, 11) is 0. The number of amides is 1. The Balaban J connectivity index is 1.54. The van der Waals surface area contributed by atoms with Gasteiger partial charge in [-0.3, -0.25) is 4.79 Å². The van der Waals surface area contributed by atoms with Gasteiger partial charge in [-0.1, -0.05) is 6.07 Å². The Morgan fingerprint density at radius 2 is 2.00 bits per heavy atom. The molecule has 1 aliphatic rings. The van der Waals surface area contributed by atoms with E-state index in [0.29, 0.717) is 19.4 Å². The van der Waals surface area contributed by atoms with Crippen LogP contribution in [-0.2, 0) is 4.79 Å². The highest BCUT2D eigenvalue weighted by Crippen LogP contribution is 2.29. The van der Waals surface area contributed by atoms with Crippen molar-refractivity contribution in [1.82, 2.24) is 10.3 Å². The molecule has 5 heteroatoms. The van der Waals surface area contributed by atoms with Crippen molar-refractivity contribution >= 4 is 11.7 Å². The van der Waals surface area contributed by atoms with Crippen molar-refractivity contribution < 1.29 is 9.90 Å². The highest BCUT2D eigenvalue weighted by atomic mass is 16.3. The van der Waals surface area contributed by atoms with Crippen LogP contribution >= 0.6 is 0 Å².